The number of aromatic amines is 2. The van der Waals surface area contributed by atoms with Crippen LogP contribution in [0.4, 0.5) is 4.39 Å². The van der Waals surface area contributed by atoms with Gasteiger partial charge in [-0.05, 0) is 29.3 Å². The molecule has 0 saturated heterocycles. The topological polar surface area (TPSA) is 92.0 Å². The van der Waals surface area contributed by atoms with Gasteiger partial charge in [-0.3, -0.25) is 9.59 Å². The highest BCUT2D eigenvalue weighted by Gasteiger charge is 2.12. The van der Waals surface area contributed by atoms with Crippen molar-refractivity contribution in [2.45, 2.75) is 12.8 Å². The van der Waals surface area contributed by atoms with Gasteiger partial charge in [0, 0.05) is 36.4 Å². The van der Waals surface area contributed by atoms with Crippen LogP contribution in [0, 0.1) is 5.82 Å². The van der Waals surface area contributed by atoms with E-state index in [1.807, 2.05) is 0 Å². The normalized spacial score (nSPS) is 10.6. The second-order valence-corrected chi connectivity index (χ2v) is 6.04. The molecule has 2 heterocycles. The molecule has 1 aromatic carbocycles. The van der Waals surface area contributed by atoms with Gasteiger partial charge in [0.25, 0.3) is 11.1 Å². The number of hydrogen-bond acceptors (Lipinski definition) is 4. The van der Waals surface area contributed by atoms with Gasteiger partial charge in [-0.2, -0.15) is 0 Å². The summed E-state index contributed by atoms with van der Waals surface area (Å²) in [5, 5.41) is 0. The van der Waals surface area contributed by atoms with Crippen LogP contribution < -0.4 is 11.1 Å². The fourth-order valence-electron chi connectivity index (χ4n) is 2.76. The fourth-order valence-corrected chi connectivity index (χ4v) is 2.76. The van der Waals surface area contributed by atoms with Crippen molar-refractivity contribution in [3.05, 3.63) is 103 Å². The number of benzene rings is 1. The van der Waals surface area contributed by atoms with Gasteiger partial charge in [0.1, 0.15) is 5.82 Å². The van der Waals surface area contributed by atoms with Crippen LogP contribution in [-0.4, -0.2) is 23.0 Å². The third-order valence-electron chi connectivity index (χ3n) is 4.19. The van der Waals surface area contributed by atoms with E-state index in [4.69, 9.17) is 0 Å². The van der Waals surface area contributed by atoms with E-state index in [0.29, 0.717) is 22.3 Å². The van der Waals surface area contributed by atoms with E-state index in [1.165, 1.54) is 31.6 Å². The molecule has 0 unspecified atom stereocenters. The van der Waals surface area contributed by atoms with E-state index in [2.05, 4.69) is 14.7 Å². The van der Waals surface area contributed by atoms with Gasteiger partial charge < -0.3 is 14.7 Å². The summed E-state index contributed by atoms with van der Waals surface area (Å²) in [4.78, 5) is 40.3. The van der Waals surface area contributed by atoms with Crippen molar-refractivity contribution >= 4 is 5.97 Å². The Morgan fingerprint density at radius 2 is 1.78 bits per heavy atom. The van der Waals surface area contributed by atoms with E-state index < -0.39 is 11.8 Å². The fraction of sp³-hybridized carbons (Fsp3) is 0.150. The highest BCUT2D eigenvalue weighted by molar-refractivity contribution is 5.89. The molecule has 2 N–H and O–H groups in total. The molecule has 0 spiro atoms. The SMILES string of the molecule is COC(=O)c1c[nH]c(=O)c(Cc2ccc(Cc3ccc[nH]c3=O)c(F)c2)c1. The lowest BCUT2D eigenvalue weighted by molar-refractivity contribution is 0.0600. The van der Waals surface area contributed by atoms with Crippen molar-refractivity contribution in [1.82, 2.24) is 9.97 Å². The van der Waals surface area contributed by atoms with Crippen LogP contribution in [0.3, 0.4) is 0 Å². The number of carbonyl (C=O) groups is 1. The third-order valence-corrected chi connectivity index (χ3v) is 4.19. The number of esters is 1. The molecular weight excluding hydrogens is 351 g/mol. The first-order valence-corrected chi connectivity index (χ1v) is 8.21. The molecule has 0 aliphatic carbocycles. The number of aromatic nitrogens is 2. The lowest BCUT2D eigenvalue weighted by Crippen LogP contribution is -2.15. The zero-order chi connectivity index (χ0) is 19.4. The van der Waals surface area contributed by atoms with Gasteiger partial charge in [-0.25, -0.2) is 9.18 Å². The number of hydrogen-bond donors (Lipinski definition) is 2. The van der Waals surface area contributed by atoms with Crippen molar-refractivity contribution in [1.29, 1.82) is 0 Å². The zero-order valence-electron chi connectivity index (χ0n) is 14.5. The molecule has 0 bridgehead atoms. The predicted octanol–water partition coefficient (Wildman–Crippen LogP) is 2.17. The minimum absolute atomic E-state index is 0.156. The summed E-state index contributed by atoms with van der Waals surface area (Å²) in [6.07, 6.45) is 3.12. The van der Waals surface area contributed by atoms with Gasteiger partial charge in [0.15, 0.2) is 0 Å². The van der Waals surface area contributed by atoms with Crippen LogP contribution in [0.15, 0.2) is 58.4 Å². The molecule has 3 rings (SSSR count). The summed E-state index contributed by atoms with van der Waals surface area (Å²) < 4.78 is 19.1. The summed E-state index contributed by atoms with van der Waals surface area (Å²) >= 11 is 0. The number of H-pyrrole nitrogens is 2. The van der Waals surface area contributed by atoms with E-state index in [9.17, 15) is 18.8 Å². The van der Waals surface area contributed by atoms with Gasteiger partial charge in [0.2, 0.25) is 0 Å². The molecule has 0 aliphatic heterocycles. The maximum atomic E-state index is 14.5. The molecular formula is C20H17FN2O4. The molecule has 2 aromatic heterocycles. The maximum Gasteiger partial charge on any atom is 0.339 e. The molecule has 0 atom stereocenters. The number of halogens is 1. The lowest BCUT2D eigenvalue weighted by atomic mass is 10.00. The standard InChI is InChI=1S/C20H17FN2O4/c1-27-20(26)16-10-15(19(25)23-11-16)7-12-4-5-13(17(21)8-12)9-14-3-2-6-22-18(14)24/h2-6,8,10-11H,7,9H2,1H3,(H,22,24)(H,23,25). The second-order valence-electron chi connectivity index (χ2n) is 6.04. The average Bonchev–Trinajstić information content (AvgIpc) is 2.66. The van der Waals surface area contributed by atoms with E-state index >= 15 is 0 Å². The minimum atomic E-state index is -0.567. The van der Waals surface area contributed by atoms with E-state index in [0.717, 1.165) is 0 Å². The molecule has 7 heteroatoms. The van der Waals surface area contributed by atoms with Crippen molar-refractivity contribution in [3.63, 3.8) is 0 Å². The first-order valence-electron chi connectivity index (χ1n) is 8.21. The van der Waals surface area contributed by atoms with Crippen molar-refractivity contribution in [2.75, 3.05) is 7.11 Å². The predicted molar refractivity (Wildman–Crippen MR) is 97.5 cm³/mol. The lowest BCUT2D eigenvalue weighted by Gasteiger charge is -2.07. The quantitative estimate of drug-likeness (QED) is 0.675. The monoisotopic (exact) mass is 368 g/mol. The van der Waals surface area contributed by atoms with Crippen molar-refractivity contribution < 1.29 is 13.9 Å². The Labute approximate surface area is 153 Å². The highest BCUT2D eigenvalue weighted by Crippen LogP contribution is 2.16. The number of pyridine rings is 2. The van der Waals surface area contributed by atoms with Crippen molar-refractivity contribution in [2.24, 2.45) is 0 Å². The Balaban J connectivity index is 1.84. The highest BCUT2D eigenvalue weighted by atomic mass is 19.1. The third kappa shape index (κ3) is 4.20. The van der Waals surface area contributed by atoms with Gasteiger partial charge in [-0.15, -0.1) is 0 Å². The van der Waals surface area contributed by atoms with Crippen LogP contribution in [-0.2, 0) is 17.6 Å². The Hall–Kier alpha value is -3.48. The molecule has 0 aliphatic rings. The second kappa shape index (κ2) is 7.82. The van der Waals surface area contributed by atoms with Crippen LogP contribution in [0.25, 0.3) is 0 Å². The molecule has 3 aromatic rings. The number of nitrogens with one attached hydrogen (secondary N) is 2. The summed E-state index contributed by atoms with van der Waals surface area (Å²) in [5.74, 6) is -1.03. The number of rotatable bonds is 5. The maximum absolute atomic E-state index is 14.5. The average molecular weight is 368 g/mol. The summed E-state index contributed by atoms with van der Waals surface area (Å²) in [6.45, 7) is 0. The summed E-state index contributed by atoms with van der Waals surface area (Å²) in [7, 11) is 1.25. The molecule has 0 radical (unpaired) electrons. The Bertz CT molecular complexity index is 1100. The molecule has 138 valence electrons. The smallest absolute Gasteiger partial charge is 0.339 e. The summed E-state index contributed by atoms with van der Waals surface area (Å²) in [5.41, 5.74) is 1.34. The minimum Gasteiger partial charge on any atom is -0.465 e. The Morgan fingerprint density at radius 1 is 1.00 bits per heavy atom. The van der Waals surface area contributed by atoms with Crippen LogP contribution in [0.5, 0.6) is 0 Å². The van der Waals surface area contributed by atoms with Crippen molar-refractivity contribution in [3.8, 4) is 0 Å². The van der Waals surface area contributed by atoms with Crippen LogP contribution >= 0.6 is 0 Å². The number of carbonyl (C=O) groups excluding carboxylic acids is 1. The number of methoxy groups -OCH3 is 1. The van der Waals surface area contributed by atoms with Crippen LogP contribution in [0.1, 0.15) is 32.6 Å². The first kappa shape index (κ1) is 18.3. The van der Waals surface area contributed by atoms with Crippen LogP contribution in [0.2, 0.25) is 0 Å². The Kier molecular flexibility index (Phi) is 5.30. The molecule has 0 amide bonds. The first-order chi connectivity index (χ1) is 13.0. The molecule has 27 heavy (non-hydrogen) atoms. The summed E-state index contributed by atoms with van der Waals surface area (Å²) in [6, 6.07) is 9.37. The zero-order valence-corrected chi connectivity index (χ0v) is 14.5. The van der Waals surface area contributed by atoms with E-state index in [1.54, 1.807) is 24.3 Å². The van der Waals surface area contributed by atoms with Gasteiger partial charge in [0.05, 0.1) is 12.7 Å². The van der Waals surface area contributed by atoms with Gasteiger partial charge in [-0.1, -0.05) is 18.2 Å². The van der Waals surface area contributed by atoms with Gasteiger partial charge >= 0.3 is 5.97 Å². The Morgan fingerprint density at radius 3 is 2.48 bits per heavy atom. The number of ether oxygens (including phenoxy) is 1. The molecule has 0 saturated carbocycles. The molecule has 6 nitrogen and oxygen atoms in total. The largest absolute Gasteiger partial charge is 0.465 e. The van der Waals surface area contributed by atoms with E-state index in [-0.39, 0.29) is 29.5 Å². The molecule has 0 fully saturated rings.